The van der Waals surface area contributed by atoms with Crippen LogP contribution in [0.1, 0.15) is 36.2 Å². The maximum atomic E-state index is 12.1. The van der Waals surface area contributed by atoms with Gasteiger partial charge in [0.2, 0.25) is 5.09 Å². The van der Waals surface area contributed by atoms with Crippen molar-refractivity contribution in [2.75, 3.05) is 13.6 Å². The largest absolute Gasteiger partial charge is 0.438 e. The Labute approximate surface area is 124 Å². The Morgan fingerprint density at radius 3 is 2.76 bits per heavy atom. The Balaban J connectivity index is 2.07. The first-order valence-corrected chi connectivity index (χ1v) is 8.50. The molecule has 1 fully saturated rings. The van der Waals surface area contributed by atoms with E-state index in [4.69, 9.17) is 10.2 Å². The highest BCUT2D eigenvalue weighted by atomic mass is 32.2. The predicted octanol–water partition coefficient (Wildman–Crippen LogP) is 0.435. The first-order valence-electron chi connectivity index (χ1n) is 7.02. The van der Waals surface area contributed by atoms with Gasteiger partial charge in [-0.15, -0.1) is 0 Å². The number of nitrogens with one attached hydrogen (secondary N) is 2. The molecular formula is C13H21N3O4S. The molecule has 1 aliphatic carbocycles. The van der Waals surface area contributed by atoms with Crippen LogP contribution in [0.2, 0.25) is 0 Å². The molecule has 0 saturated heterocycles. The first kappa shape index (κ1) is 16.0. The molecule has 2 unspecified atom stereocenters. The lowest BCUT2D eigenvalue weighted by Crippen LogP contribution is -2.44. The smallest absolute Gasteiger partial charge is 0.287 e. The average Bonchev–Trinajstić information content (AvgIpc) is 2.98. The normalized spacial score (nSPS) is 23.0. The Bertz CT molecular complexity index is 596. The Morgan fingerprint density at radius 2 is 2.10 bits per heavy atom. The molecule has 1 saturated carbocycles. The molecule has 1 aromatic heterocycles. The van der Waals surface area contributed by atoms with Crippen molar-refractivity contribution in [3.63, 3.8) is 0 Å². The van der Waals surface area contributed by atoms with E-state index in [2.05, 4.69) is 10.0 Å². The average molecular weight is 315 g/mol. The van der Waals surface area contributed by atoms with E-state index in [9.17, 15) is 13.2 Å². The minimum absolute atomic E-state index is 0.00910. The first-order chi connectivity index (χ1) is 9.97. The quantitative estimate of drug-likeness (QED) is 0.729. The van der Waals surface area contributed by atoms with Gasteiger partial charge in [0.1, 0.15) is 0 Å². The van der Waals surface area contributed by atoms with Crippen LogP contribution in [0.4, 0.5) is 0 Å². The van der Waals surface area contributed by atoms with Gasteiger partial charge in [-0.05, 0) is 44.5 Å². The van der Waals surface area contributed by atoms with Crippen LogP contribution >= 0.6 is 0 Å². The van der Waals surface area contributed by atoms with Gasteiger partial charge in [0, 0.05) is 6.04 Å². The number of rotatable bonds is 5. The number of furan rings is 1. The van der Waals surface area contributed by atoms with Gasteiger partial charge in [-0.3, -0.25) is 4.79 Å². The second-order valence-corrected chi connectivity index (χ2v) is 7.00. The number of carbonyl (C=O) groups is 1. The van der Waals surface area contributed by atoms with Crippen LogP contribution in [-0.4, -0.2) is 34.0 Å². The molecule has 118 valence electrons. The van der Waals surface area contributed by atoms with Crippen molar-refractivity contribution in [2.24, 2.45) is 11.7 Å². The van der Waals surface area contributed by atoms with Gasteiger partial charge in [-0.2, -0.15) is 0 Å². The number of hydrogen-bond acceptors (Lipinski definition) is 5. The maximum absolute atomic E-state index is 12.1. The lowest BCUT2D eigenvalue weighted by Gasteiger charge is -2.30. The van der Waals surface area contributed by atoms with Gasteiger partial charge in [0.05, 0.1) is 0 Å². The monoisotopic (exact) mass is 315 g/mol. The molecule has 1 aliphatic rings. The van der Waals surface area contributed by atoms with Crippen molar-refractivity contribution in [3.8, 4) is 0 Å². The molecular weight excluding hydrogens is 294 g/mol. The van der Waals surface area contributed by atoms with E-state index in [-0.39, 0.29) is 22.8 Å². The van der Waals surface area contributed by atoms with Crippen molar-refractivity contribution >= 4 is 15.9 Å². The third-order valence-electron chi connectivity index (χ3n) is 3.87. The molecule has 2 rings (SSSR count). The van der Waals surface area contributed by atoms with E-state index in [1.54, 1.807) is 0 Å². The zero-order chi connectivity index (χ0) is 15.5. The van der Waals surface area contributed by atoms with Gasteiger partial charge in [0.15, 0.2) is 5.76 Å². The second-order valence-electron chi connectivity index (χ2n) is 5.19. The highest BCUT2D eigenvalue weighted by Gasteiger charge is 2.27. The van der Waals surface area contributed by atoms with Crippen molar-refractivity contribution < 1.29 is 17.6 Å². The van der Waals surface area contributed by atoms with Gasteiger partial charge in [-0.1, -0.05) is 12.8 Å². The zero-order valence-electron chi connectivity index (χ0n) is 12.0. The SMILES string of the molecule is CNS(=O)(=O)c1ccc(C(=O)NC2CCCCC2CN)o1. The van der Waals surface area contributed by atoms with Crippen LogP contribution in [-0.2, 0) is 10.0 Å². The number of hydrogen-bond donors (Lipinski definition) is 3. The summed E-state index contributed by atoms with van der Waals surface area (Å²) in [6.45, 7) is 0.530. The molecule has 0 aromatic carbocycles. The topological polar surface area (TPSA) is 114 Å². The maximum Gasteiger partial charge on any atom is 0.287 e. The number of sulfonamides is 1. The molecule has 0 aliphatic heterocycles. The van der Waals surface area contributed by atoms with Crippen LogP contribution in [0.25, 0.3) is 0 Å². The van der Waals surface area contributed by atoms with Crippen molar-refractivity contribution in [1.29, 1.82) is 0 Å². The zero-order valence-corrected chi connectivity index (χ0v) is 12.8. The third-order valence-corrected chi connectivity index (χ3v) is 5.15. The summed E-state index contributed by atoms with van der Waals surface area (Å²) in [5.74, 6) is -0.152. The van der Waals surface area contributed by atoms with Crippen LogP contribution in [0.15, 0.2) is 21.6 Å². The molecule has 7 nitrogen and oxygen atoms in total. The van der Waals surface area contributed by atoms with E-state index in [1.165, 1.54) is 19.2 Å². The summed E-state index contributed by atoms with van der Waals surface area (Å²) in [6.07, 6.45) is 4.06. The standard InChI is InChI=1S/C13H21N3O4S/c1-15-21(18,19)12-7-6-11(20-12)13(17)16-10-5-3-2-4-9(10)8-14/h6-7,9-10,15H,2-5,8,14H2,1H3,(H,16,17). The van der Waals surface area contributed by atoms with Crippen LogP contribution < -0.4 is 15.8 Å². The highest BCUT2D eigenvalue weighted by Crippen LogP contribution is 2.24. The highest BCUT2D eigenvalue weighted by molar-refractivity contribution is 7.89. The molecule has 4 N–H and O–H groups in total. The van der Waals surface area contributed by atoms with Gasteiger partial charge in [0.25, 0.3) is 15.9 Å². The summed E-state index contributed by atoms with van der Waals surface area (Å²) in [7, 11) is -2.39. The minimum Gasteiger partial charge on any atom is -0.438 e. The summed E-state index contributed by atoms with van der Waals surface area (Å²) in [4.78, 5) is 12.1. The summed E-state index contributed by atoms with van der Waals surface area (Å²) < 4.78 is 30.4. The van der Waals surface area contributed by atoms with E-state index in [1.807, 2.05) is 0 Å². The molecule has 8 heteroatoms. The predicted molar refractivity (Wildman–Crippen MR) is 77.2 cm³/mol. The molecule has 2 atom stereocenters. The summed E-state index contributed by atoms with van der Waals surface area (Å²) in [6, 6.07) is 2.65. The fourth-order valence-electron chi connectivity index (χ4n) is 2.61. The number of nitrogens with two attached hydrogens (primary N) is 1. The molecule has 1 amide bonds. The van der Waals surface area contributed by atoms with Crippen molar-refractivity contribution in [1.82, 2.24) is 10.0 Å². The Morgan fingerprint density at radius 1 is 1.38 bits per heavy atom. The lowest BCUT2D eigenvalue weighted by molar-refractivity contribution is 0.0874. The summed E-state index contributed by atoms with van der Waals surface area (Å²) in [5, 5.41) is 2.62. The van der Waals surface area contributed by atoms with Gasteiger partial charge >= 0.3 is 0 Å². The molecule has 1 aromatic rings. The van der Waals surface area contributed by atoms with Gasteiger partial charge in [-0.25, -0.2) is 13.1 Å². The minimum atomic E-state index is -3.68. The number of carbonyl (C=O) groups excluding carboxylic acids is 1. The fraction of sp³-hybridized carbons (Fsp3) is 0.615. The van der Waals surface area contributed by atoms with Crippen LogP contribution in [0, 0.1) is 5.92 Å². The Kier molecular flexibility index (Phi) is 5.02. The van der Waals surface area contributed by atoms with E-state index >= 15 is 0 Å². The van der Waals surface area contributed by atoms with E-state index < -0.39 is 15.9 Å². The van der Waals surface area contributed by atoms with Crippen LogP contribution in [0.3, 0.4) is 0 Å². The second kappa shape index (κ2) is 6.59. The molecule has 1 heterocycles. The Hall–Kier alpha value is -1.38. The molecule has 21 heavy (non-hydrogen) atoms. The van der Waals surface area contributed by atoms with Crippen molar-refractivity contribution in [3.05, 3.63) is 17.9 Å². The van der Waals surface area contributed by atoms with Gasteiger partial charge < -0.3 is 15.5 Å². The number of amides is 1. The summed E-state index contributed by atoms with van der Waals surface area (Å²) in [5.41, 5.74) is 5.72. The lowest BCUT2D eigenvalue weighted by atomic mass is 9.84. The molecule has 0 bridgehead atoms. The van der Waals surface area contributed by atoms with E-state index in [0.29, 0.717) is 6.54 Å². The third kappa shape index (κ3) is 3.63. The molecule has 0 spiro atoms. The summed E-state index contributed by atoms with van der Waals surface area (Å²) >= 11 is 0. The van der Waals surface area contributed by atoms with Crippen molar-refractivity contribution in [2.45, 2.75) is 36.8 Å². The molecule has 0 radical (unpaired) electrons. The van der Waals surface area contributed by atoms with E-state index in [0.717, 1.165) is 25.7 Å². The van der Waals surface area contributed by atoms with Crippen LogP contribution in [0.5, 0.6) is 0 Å². The fourth-order valence-corrected chi connectivity index (χ4v) is 3.25.